The van der Waals surface area contributed by atoms with E-state index in [9.17, 15) is 4.79 Å². The van der Waals surface area contributed by atoms with E-state index in [1.165, 1.54) is 0 Å². The lowest BCUT2D eigenvalue weighted by molar-refractivity contribution is -0.127. The lowest BCUT2D eigenvalue weighted by Gasteiger charge is -2.21. The van der Waals surface area contributed by atoms with Crippen molar-refractivity contribution in [3.63, 3.8) is 0 Å². The fourth-order valence-corrected chi connectivity index (χ4v) is 2.40. The zero-order valence-corrected chi connectivity index (χ0v) is 14.9. The Balaban J connectivity index is 1.80. The molecular formula is C20H26N2O2. The van der Waals surface area contributed by atoms with Crippen molar-refractivity contribution in [2.75, 3.05) is 25.0 Å². The molecule has 24 heavy (non-hydrogen) atoms. The summed E-state index contributed by atoms with van der Waals surface area (Å²) in [5, 5.41) is 2.93. The Morgan fingerprint density at radius 2 is 1.83 bits per heavy atom. The van der Waals surface area contributed by atoms with Crippen molar-refractivity contribution in [3.05, 3.63) is 59.7 Å². The zero-order valence-electron chi connectivity index (χ0n) is 14.9. The van der Waals surface area contributed by atoms with Crippen LogP contribution in [0.15, 0.2) is 48.5 Å². The molecule has 2 aromatic carbocycles. The average Bonchev–Trinajstić information content (AvgIpc) is 2.59. The van der Waals surface area contributed by atoms with E-state index in [0.717, 1.165) is 29.1 Å². The molecule has 0 aliphatic rings. The third kappa shape index (κ3) is 4.75. The van der Waals surface area contributed by atoms with Crippen LogP contribution in [0.3, 0.4) is 0 Å². The van der Waals surface area contributed by atoms with Gasteiger partial charge in [-0.25, -0.2) is 0 Å². The lowest BCUT2D eigenvalue weighted by Crippen LogP contribution is -2.40. The summed E-state index contributed by atoms with van der Waals surface area (Å²) in [6.45, 7) is 7.13. The first-order valence-corrected chi connectivity index (χ1v) is 8.26. The number of likely N-dealkylation sites (N-methyl/N-ethyl adjacent to an activating group) is 1. The summed E-state index contributed by atoms with van der Waals surface area (Å²) in [5.74, 6) is 0.663. The van der Waals surface area contributed by atoms with Crippen molar-refractivity contribution in [3.8, 4) is 5.75 Å². The van der Waals surface area contributed by atoms with E-state index in [1.807, 2.05) is 69.4 Å². The van der Waals surface area contributed by atoms with Gasteiger partial charge in [-0.3, -0.25) is 4.79 Å². The van der Waals surface area contributed by atoms with Gasteiger partial charge in [-0.05, 0) is 50.1 Å². The number of anilines is 1. The predicted molar refractivity (Wildman–Crippen MR) is 98.7 cm³/mol. The number of hydrogen-bond donors (Lipinski definition) is 1. The van der Waals surface area contributed by atoms with Crippen molar-refractivity contribution in [2.24, 2.45) is 0 Å². The van der Waals surface area contributed by atoms with Crippen LogP contribution in [0.2, 0.25) is 0 Å². The van der Waals surface area contributed by atoms with E-state index in [0.29, 0.717) is 6.54 Å². The maximum absolute atomic E-state index is 12.2. The molecule has 0 radical (unpaired) electrons. The highest BCUT2D eigenvalue weighted by Crippen LogP contribution is 2.21. The third-order valence-corrected chi connectivity index (χ3v) is 4.17. The number of hydrogen-bond acceptors (Lipinski definition) is 3. The summed E-state index contributed by atoms with van der Waals surface area (Å²) in [5.41, 5.74) is 3.36. The van der Waals surface area contributed by atoms with Crippen molar-refractivity contribution in [1.29, 1.82) is 0 Å². The van der Waals surface area contributed by atoms with E-state index in [1.54, 1.807) is 6.92 Å². The SMILES string of the molecule is Cc1cccc(O[C@@H](C)C(=O)NCCN(C)c2ccccc2)c1C. The number of amides is 1. The van der Waals surface area contributed by atoms with Crippen molar-refractivity contribution in [2.45, 2.75) is 26.9 Å². The van der Waals surface area contributed by atoms with E-state index in [4.69, 9.17) is 4.74 Å². The minimum Gasteiger partial charge on any atom is -0.481 e. The Morgan fingerprint density at radius 1 is 1.12 bits per heavy atom. The molecule has 0 heterocycles. The Bertz CT molecular complexity index is 671. The van der Waals surface area contributed by atoms with E-state index in [-0.39, 0.29) is 5.91 Å². The number of nitrogens with zero attached hydrogens (tertiary/aromatic N) is 1. The van der Waals surface area contributed by atoms with Crippen LogP contribution < -0.4 is 15.0 Å². The molecule has 4 nitrogen and oxygen atoms in total. The molecule has 0 spiro atoms. The van der Waals surface area contributed by atoms with E-state index in [2.05, 4.69) is 10.2 Å². The van der Waals surface area contributed by atoms with Crippen LogP contribution in [0.5, 0.6) is 5.75 Å². The number of rotatable bonds is 7. The lowest BCUT2D eigenvalue weighted by atomic mass is 10.1. The minimum absolute atomic E-state index is 0.0997. The Hall–Kier alpha value is -2.49. The van der Waals surface area contributed by atoms with E-state index < -0.39 is 6.10 Å². The maximum Gasteiger partial charge on any atom is 0.260 e. The summed E-state index contributed by atoms with van der Waals surface area (Å²) >= 11 is 0. The summed E-state index contributed by atoms with van der Waals surface area (Å²) in [6.07, 6.45) is -0.521. The first kappa shape index (κ1) is 17.9. The Kier molecular flexibility index (Phi) is 6.24. The fourth-order valence-electron chi connectivity index (χ4n) is 2.40. The summed E-state index contributed by atoms with van der Waals surface area (Å²) in [4.78, 5) is 14.3. The quantitative estimate of drug-likeness (QED) is 0.848. The number of carbonyl (C=O) groups is 1. The second-order valence-corrected chi connectivity index (χ2v) is 6.01. The molecule has 0 saturated carbocycles. The molecule has 128 valence electrons. The molecule has 0 saturated heterocycles. The monoisotopic (exact) mass is 326 g/mol. The van der Waals surface area contributed by atoms with Crippen molar-refractivity contribution in [1.82, 2.24) is 5.32 Å². The Labute approximate surface area is 144 Å². The van der Waals surface area contributed by atoms with Gasteiger partial charge in [-0.15, -0.1) is 0 Å². The standard InChI is InChI=1S/C20H26N2O2/c1-15-9-8-12-19(16(15)2)24-17(3)20(23)21-13-14-22(4)18-10-6-5-7-11-18/h5-12,17H,13-14H2,1-4H3,(H,21,23)/t17-/m0/s1. The second kappa shape index (κ2) is 8.39. The highest BCUT2D eigenvalue weighted by Gasteiger charge is 2.15. The van der Waals surface area contributed by atoms with Crippen LogP contribution in [0.4, 0.5) is 5.69 Å². The van der Waals surface area contributed by atoms with Gasteiger partial charge in [0.15, 0.2) is 6.10 Å². The molecule has 2 aromatic rings. The zero-order chi connectivity index (χ0) is 17.5. The number of nitrogens with one attached hydrogen (secondary N) is 1. The predicted octanol–water partition coefficient (Wildman–Crippen LogP) is 3.32. The van der Waals surface area contributed by atoms with Crippen molar-refractivity contribution >= 4 is 11.6 Å². The molecule has 0 aliphatic heterocycles. The first-order valence-electron chi connectivity index (χ1n) is 8.26. The highest BCUT2D eigenvalue weighted by molar-refractivity contribution is 5.80. The summed E-state index contributed by atoms with van der Waals surface area (Å²) in [6, 6.07) is 16.0. The first-order chi connectivity index (χ1) is 11.5. The van der Waals surface area contributed by atoms with Gasteiger partial charge in [0.2, 0.25) is 0 Å². The molecule has 0 fully saturated rings. The largest absolute Gasteiger partial charge is 0.481 e. The van der Waals surface area contributed by atoms with Gasteiger partial charge in [0, 0.05) is 25.8 Å². The molecule has 0 bridgehead atoms. The normalized spacial score (nSPS) is 11.7. The third-order valence-electron chi connectivity index (χ3n) is 4.17. The second-order valence-electron chi connectivity index (χ2n) is 6.01. The summed E-state index contributed by atoms with van der Waals surface area (Å²) in [7, 11) is 2.01. The number of aryl methyl sites for hydroxylation is 1. The van der Waals surface area contributed by atoms with Gasteiger partial charge in [-0.1, -0.05) is 30.3 Å². The maximum atomic E-state index is 12.2. The van der Waals surface area contributed by atoms with Crippen LogP contribution in [-0.4, -0.2) is 32.1 Å². The fraction of sp³-hybridized carbons (Fsp3) is 0.350. The molecule has 0 aromatic heterocycles. The molecule has 1 amide bonds. The highest BCUT2D eigenvalue weighted by atomic mass is 16.5. The molecule has 0 aliphatic carbocycles. The molecule has 2 rings (SSSR count). The number of carbonyl (C=O) groups excluding carboxylic acids is 1. The van der Waals surface area contributed by atoms with Gasteiger partial charge in [0.1, 0.15) is 5.75 Å². The van der Waals surface area contributed by atoms with Crippen LogP contribution in [0, 0.1) is 13.8 Å². The van der Waals surface area contributed by atoms with Crippen LogP contribution in [0.25, 0.3) is 0 Å². The van der Waals surface area contributed by atoms with Gasteiger partial charge in [-0.2, -0.15) is 0 Å². The molecular weight excluding hydrogens is 300 g/mol. The van der Waals surface area contributed by atoms with Crippen molar-refractivity contribution < 1.29 is 9.53 Å². The number of para-hydroxylation sites is 1. The Morgan fingerprint density at radius 3 is 2.54 bits per heavy atom. The summed E-state index contributed by atoms with van der Waals surface area (Å²) < 4.78 is 5.80. The van der Waals surface area contributed by atoms with Gasteiger partial charge >= 0.3 is 0 Å². The average molecular weight is 326 g/mol. The van der Waals surface area contributed by atoms with Crippen LogP contribution >= 0.6 is 0 Å². The van der Waals surface area contributed by atoms with Gasteiger partial charge < -0.3 is 15.0 Å². The topological polar surface area (TPSA) is 41.6 Å². The van der Waals surface area contributed by atoms with Crippen LogP contribution in [-0.2, 0) is 4.79 Å². The van der Waals surface area contributed by atoms with Crippen LogP contribution in [0.1, 0.15) is 18.1 Å². The van der Waals surface area contributed by atoms with E-state index >= 15 is 0 Å². The molecule has 1 atom stereocenters. The molecule has 1 N–H and O–H groups in total. The van der Waals surface area contributed by atoms with Gasteiger partial charge in [0.05, 0.1) is 0 Å². The number of benzene rings is 2. The molecule has 4 heteroatoms. The smallest absolute Gasteiger partial charge is 0.260 e. The number of ether oxygens (including phenoxy) is 1. The van der Waals surface area contributed by atoms with Gasteiger partial charge in [0.25, 0.3) is 5.91 Å². The molecule has 0 unspecified atom stereocenters. The minimum atomic E-state index is -0.521.